The summed E-state index contributed by atoms with van der Waals surface area (Å²) in [5.41, 5.74) is 0.968. The lowest BCUT2D eigenvalue weighted by molar-refractivity contribution is 0.103. The second kappa shape index (κ2) is 5.28. The number of sulfonamides is 1. The lowest BCUT2D eigenvalue weighted by atomic mass is 10.1. The monoisotopic (exact) mass is 324 g/mol. The normalized spacial score (nSPS) is 29.9. The molecule has 1 saturated carbocycles. The number of rotatable bonds is 4. The van der Waals surface area contributed by atoms with Gasteiger partial charge in [0.2, 0.25) is 10.0 Å². The molecule has 1 aromatic rings. The molecule has 0 aromatic heterocycles. The number of benzene rings is 1. The van der Waals surface area contributed by atoms with Crippen molar-refractivity contribution in [3.8, 4) is 0 Å². The van der Waals surface area contributed by atoms with Crippen molar-refractivity contribution in [2.75, 3.05) is 13.1 Å². The number of nitrogens with zero attached hydrogens (tertiary/aromatic N) is 2. The molecule has 22 heavy (non-hydrogen) atoms. The third-order valence-electron chi connectivity index (χ3n) is 5.16. The first-order chi connectivity index (χ1) is 10.5. The van der Waals surface area contributed by atoms with E-state index >= 15 is 0 Å². The van der Waals surface area contributed by atoms with E-state index in [4.69, 9.17) is 0 Å². The van der Waals surface area contributed by atoms with Gasteiger partial charge in [0.25, 0.3) is 0 Å². The Balaban J connectivity index is 1.49. The highest BCUT2D eigenvalue weighted by Gasteiger charge is 2.47. The van der Waals surface area contributed by atoms with E-state index in [1.54, 1.807) is 16.4 Å². The summed E-state index contributed by atoms with van der Waals surface area (Å²) >= 11 is 0. The lowest BCUT2D eigenvalue weighted by Gasteiger charge is -2.40. The SMILES string of the molecule is O=S(=O)(C1CC1)N1CC2CCC(C1)N2Cc1cccc(F)c1. The molecule has 0 radical (unpaired) electrons. The molecule has 3 aliphatic rings. The van der Waals surface area contributed by atoms with Crippen LogP contribution in [0.4, 0.5) is 4.39 Å². The van der Waals surface area contributed by atoms with Gasteiger partial charge in [0.1, 0.15) is 5.82 Å². The van der Waals surface area contributed by atoms with E-state index < -0.39 is 10.0 Å². The topological polar surface area (TPSA) is 40.6 Å². The van der Waals surface area contributed by atoms with Gasteiger partial charge in [-0.15, -0.1) is 0 Å². The lowest BCUT2D eigenvalue weighted by Crippen LogP contribution is -2.55. The van der Waals surface area contributed by atoms with Crippen molar-refractivity contribution in [1.29, 1.82) is 0 Å². The van der Waals surface area contributed by atoms with Crippen molar-refractivity contribution in [2.45, 2.75) is 49.6 Å². The van der Waals surface area contributed by atoms with Crippen LogP contribution in [0.5, 0.6) is 0 Å². The summed E-state index contributed by atoms with van der Waals surface area (Å²) in [4.78, 5) is 2.37. The Kier molecular flexibility index (Phi) is 3.51. The van der Waals surface area contributed by atoms with Gasteiger partial charge in [-0.2, -0.15) is 4.31 Å². The quantitative estimate of drug-likeness (QED) is 0.850. The molecule has 2 aliphatic heterocycles. The van der Waals surface area contributed by atoms with Crippen molar-refractivity contribution in [1.82, 2.24) is 9.21 Å². The zero-order valence-corrected chi connectivity index (χ0v) is 13.3. The Hall–Kier alpha value is -0.980. The average Bonchev–Trinajstić information content (AvgIpc) is 3.29. The van der Waals surface area contributed by atoms with Gasteiger partial charge in [-0.25, -0.2) is 12.8 Å². The Morgan fingerprint density at radius 1 is 1.09 bits per heavy atom. The number of piperazine rings is 1. The molecule has 0 amide bonds. The van der Waals surface area contributed by atoms with E-state index in [2.05, 4.69) is 4.90 Å². The van der Waals surface area contributed by atoms with Crippen LogP contribution in [0.3, 0.4) is 0 Å². The second-order valence-corrected chi connectivity index (χ2v) is 8.96. The Morgan fingerprint density at radius 3 is 2.36 bits per heavy atom. The molecule has 6 heteroatoms. The summed E-state index contributed by atoms with van der Waals surface area (Å²) in [6, 6.07) is 7.26. The fourth-order valence-electron chi connectivity index (χ4n) is 3.84. The summed E-state index contributed by atoms with van der Waals surface area (Å²) < 4.78 is 39.9. The van der Waals surface area contributed by atoms with Gasteiger partial charge in [-0.1, -0.05) is 12.1 Å². The molecular formula is C16H21FN2O2S. The summed E-state index contributed by atoms with van der Waals surface area (Å²) in [6.45, 7) is 1.92. The largest absolute Gasteiger partial charge is 0.291 e. The van der Waals surface area contributed by atoms with Gasteiger partial charge in [0.15, 0.2) is 0 Å². The highest BCUT2D eigenvalue weighted by Crippen LogP contribution is 2.37. The molecule has 4 rings (SSSR count). The maximum absolute atomic E-state index is 13.3. The van der Waals surface area contributed by atoms with Crippen molar-refractivity contribution in [3.05, 3.63) is 35.6 Å². The van der Waals surface area contributed by atoms with Gasteiger partial charge in [0.05, 0.1) is 5.25 Å². The zero-order valence-electron chi connectivity index (χ0n) is 12.5. The van der Waals surface area contributed by atoms with Gasteiger partial charge in [-0.05, 0) is 43.4 Å². The van der Waals surface area contributed by atoms with E-state index in [1.165, 1.54) is 6.07 Å². The highest BCUT2D eigenvalue weighted by atomic mass is 32.2. The van der Waals surface area contributed by atoms with Crippen LogP contribution in [0.15, 0.2) is 24.3 Å². The fourth-order valence-corrected chi connectivity index (χ4v) is 5.75. The van der Waals surface area contributed by atoms with Gasteiger partial charge in [-0.3, -0.25) is 4.90 Å². The maximum atomic E-state index is 13.3. The first kappa shape index (κ1) is 14.6. The Morgan fingerprint density at radius 2 is 1.77 bits per heavy atom. The standard InChI is InChI=1S/C16H21FN2O2S/c17-13-3-1-2-12(8-13)9-19-14-4-5-15(19)11-18(10-14)22(20,21)16-6-7-16/h1-3,8,14-16H,4-7,9-11H2. The second-order valence-electron chi connectivity index (χ2n) is 6.75. The zero-order chi connectivity index (χ0) is 15.3. The first-order valence-electron chi connectivity index (χ1n) is 8.03. The van der Waals surface area contributed by atoms with Crippen molar-refractivity contribution in [3.63, 3.8) is 0 Å². The van der Waals surface area contributed by atoms with Crippen LogP contribution < -0.4 is 0 Å². The van der Waals surface area contributed by atoms with E-state index in [1.807, 2.05) is 6.07 Å². The minimum absolute atomic E-state index is 0.123. The Bertz CT molecular complexity index is 660. The predicted octanol–water partition coefficient (Wildman–Crippen LogP) is 1.97. The van der Waals surface area contributed by atoms with E-state index in [-0.39, 0.29) is 23.2 Å². The molecular weight excluding hydrogens is 303 g/mol. The molecule has 2 saturated heterocycles. The van der Waals surface area contributed by atoms with Crippen LogP contribution in [-0.4, -0.2) is 48.0 Å². The molecule has 4 nitrogen and oxygen atoms in total. The summed E-state index contributed by atoms with van der Waals surface area (Å²) in [5, 5.41) is -0.123. The summed E-state index contributed by atoms with van der Waals surface area (Å²) in [5.74, 6) is -0.209. The predicted molar refractivity (Wildman–Crippen MR) is 82.3 cm³/mol. The number of fused-ring (bicyclic) bond motifs is 2. The third-order valence-corrected chi connectivity index (χ3v) is 7.49. The molecule has 2 unspecified atom stereocenters. The minimum Gasteiger partial charge on any atom is -0.291 e. The molecule has 3 fully saturated rings. The van der Waals surface area contributed by atoms with Crippen molar-refractivity contribution in [2.24, 2.45) is 0 Å². The van der Waals surface area contributed by atoms with Crippen molar-refractivity contribution < 1.29 is 12.8 Å². The molecule has 2 heterocycles. The molecule has 0 N–H and O–H groups in total. The van der Waals surface area contributed by atoms with Crippen LogP contribution in [0, 0.1) is 5.82 Å². The minimum atomic E-state index is -3.07. The molecule has 2 atom stereocenters. The van der Waals surface area contributed by atoms with E-state index in [0.29, 0.717) is 19.6 Å². The van der Waals surface area contributed by atoms with Crippen molar-refractivity contribution >= 4 is 10.0 Å². The van der Waals surface area contributed by atoms with Gasteiger partial charge < -0.3 is 0 Å². The molecule has 2 bridgehead atoms. The highest BCUT2D eigenvalue weighted by molar-refractivity contribution is 7.90. The molecule has 1 aromatic carbocycles. The molecule has 120 valence electrons. The smallest absolute Gasteiger partial charge is 0.217 e. The van der Waals surface area contributed by atoms with E-state index in [0.717, 1.165) is 31.2 Å². The number of hydrogen-bond acceptors (Lipinski definition) is 3. The fraction of sp³-hybridized carbons (Fsp3) is 0.625. The molecule has 0 spiro atoms. The van der Waals surface area contributed by atoms with Crippen LogP contribution in [0.1, 0.15) is 31.2 Å². The number of halogens is 1. The molecule has 1 aliphatic carbocycles. The van der Waals surface area contributed by atoms with Crippen LogP contribution >= 0.6 is 0 Å². The van der Waals surface area contributed by atoms with Crippen LogP contribution in [0.25, 0.3) is 0 Å². The average molecular weight is 324 g/mol. The summed E-state index contributed by atoms with van der Waals surface area (Å²) in [7, 11) is -3.07. The number of hydrogen-bond donors (Lipinski definition) is 0. The first-order valence-corrected chi connectivity index (χ1v) is 9.53. The Labute approximate surface area is 131 Å². The van der Waals surface area contributed by atoms with Crippen LogP contribution in [0.2, 0.25) is 0 Å². The van der Waals surface area contributed by atoms with Gasteiger partial charge in [0, 0.05) is 31.7 Å². The van der Waals surface area contributed by atoms with Gasteiger partial charge >= 0.3 is 0 Å². The third kappa shape index (κ3) is 2.57. The maximum Gasteiger partial charge on any atom is 0.217 e. The van der Waals surface area contributed by atoms with E-state index in [9.17, 15) is 12.8 Å². The summed E-state index contributed by atoms with van der Waals surface area (Å²) in [6.07, 6.45) is 3.72. The van der Waals surface area contributed by atoms with Crippen LogP contribution in [-0.2, 0) is 16.6 Å².